The largest absolute Gasteiger partial charge is 0.489 e. The van der Waals surface area contributed by atoms with Crippen LogP contribution in [0.4, 0.5) is 4.39 Å². The van der Waals surface area contributed by atoms with Gasteiger partial charge in [0.05, 0.1) is 6.61 Å². The molecule has 9 nitrogen and oxygen atoms in total. The summed E-state index contributed by atoms with van der Waals surface area (Å²) in [7, 11) is 0. The summed E-state index contributed by atoms with van der Waals surface area (Å²) in [6, 6.07) is 11.4. The molecule has 0 aliphatic carbocycles. The number of halogens is 1. The maximum atomic E-state index is 14.1. The molecule has 0 bridgehead atoms. The smallest absolute Gasteiger partial charge is 0.352 e. The summed E-state index contributed by atoms with van der Waals surface area (Å²) in [6.45, 7) is 1.33. The van der Waals surface area contributed by atoms with Crippen LogP contribution in [0, 0.1) is 5.82 Å². The molecular weight excluding hydrogens is 481 g/mol. The Labute approximate surface area is 211 Å². The number of aromatic carboxylic acids is 1. The van der Waals surface area contributed by atoms with Crippen molar-refractivity contribution in [3.05, 3.63) is 83.1 Å². The van der Waals surface area contributed by atoms with E-state index in [-0.39, 0.29) is 43.8 Å². The average molecular weight is 508 g/mol. The van der Waals surface area contributed by atoms with Crippen LogP contribution < -0.4 is 15.2 Å². The molecule has 1 aliphatic rings. The average Bonchev–Trinajstić information content (AvgIpc) is 3.51. The van der Waals surface area contributed by atoms with Crippen LogP contribution in [0.15, 0.2) is 54.9 Å². The summed E-state index contributed by atoms with van der Waals surface area (Å²) in [5.41, 5.74) is 8.92. The third-order valence-corrected chi connectivity index (χ3v) is 6.30. The topological polar surface area (TPSA) is 118 Å². The van der Waals surface area contributed by atoms with Crippen molar-refractivity contribution >= 4 is 22.8 Å². The molecule has 1 aliphatic heterocycles. The first-order valence-corrected chi connectivity index (χ1v) is 11.8. The Morgan fingerprint density at radius 3 is 2.84 bits per heavy atom. The number of ether oxygens (including phenoxy) is 3. The van der Waals surface area contributed by atoms with Crippen molar-refractivity contribution in [2.45, 2.75) is 32.6 Å². The van der Waals surface area contributed by atoms with Crippen molar-refractivity contribution in [1.29, 1.82) is 0 Å². The number of carbonyl (C=O) groups excluding carboxylic acids is 1. The maximum absolute atomic E-state index is 14.1. The molecule has 0 saturated carbocycles. The number of fused-ring (bicyclic) bond motifs is 2. The number of hydrogen-bond acceptors (Lipinski definition) is 6. The Balaban J connectivity index is 1.35. The standard InChI is InChI=1S/C27H26FN3O6/c28-20-10-18-14-35-16-37-26(18)19(11-20)15-36-21-3-4-23-22(12-21)17(5-7-29)13-30(23)9-6-25(32)31-8-1-2-24(31)27(33)34/h1-4,8,10-13H,5-7,9,14-16,29H2,(H,33,34). The molecule has 0 fully saturated rings. The van der Waals surface area contributed by atoms with Crippen LogP contribution >= 0.6 is 0 Å². The lowest BCUT2D eigenvalue weighted by atomic mass is 10.1. The van der Waals surface area contributed by atoms with Crippen LogP contribution in [0.3, 0.4) is 0 Å². The van der Waals surface area contributed by atoms with E-state index in [1.54, 1.807) is 0 Å². The van der Waals surface area contributed by atoms with Crippen molar-refractivity contribution < 1.29 is 33.3 Å². The Morgan fingerprint density at radius 1 is 1.16 bits per heavy atom. The zero-order valence-electron chi connectivity index (χ0n) is 20.0. The first-order valence-electron chi connectivity index (χ1n) is 11.8. The lowest BCUT2D eigenvalue weighted by Crippen LogP contribution is -2.17. The van der Waals surface area contributed by atoms with Gasteiger partial charge in [-0.05, 0) is 61.0 Å². The fraction of sp³-hybridized carbons (Fsp3) is 0.259. The number of nitrogens with two attached hydrogens (primary N) is 1. The molecule has 10 heteroatoms. The van der Waals surface area contributed by atoms with Crippen molar-refractivity contribution in [3.63, 3.8) is 0 Å². The predicted molar refractivity (Wildman–Crippen MR) is 132 cm³/mol. The van der Waals surface area contributed by atoms with Crippen LogP contribution in [-0.4, -0.2) is 39.5 Å². The third-order valence-electron chi connectivity index (χ3n) is 6.30. The first kappa shape index (κ1) is 24.5. The Hall–Kier alpha value is -4.15. The molecule has 192 valence electrons. The highest BCUT2D eigenvalue weighted by molar-refractivity contribution is 5.92. The van der Waals surface area contributed by atoms with Crippen LogP contribution in [0.1, 0.15) is 38.4 Å². The zero-order valence-corrected chi connectivity index (χ0v) is 20.0. The number of benzene rings is 2. The highest BCUT2D eigenvalue weighted by atomic mass is 19.1. The molecule has 37 heavy (non-hydrogen) atoms. The molecule has 0 radical (unpaired) electrons. The number of rotatable bonds is 9. The summed E-state index contributed by atoms with van der Waals surface area (Å²) in [4.78, 5) is 24.0. The van der Waals surface area contributed by atoms with Crippen LogP contribution in [0.2, 0.25) is 0 Å². The monoisotopic (exact) mass is 507 g/mol. The molecule has 0 atom stereocenters. The molecule has 3 heterocycles. The molecule has 0 unspecified atom stereocenters. The van der Waals surface area contributed by atoms with E-state index >= 15 is 0 Å². The highest BCUT2D eigenvalue weighted by Gasteiger charge is 2.19. The fourth-order valence-corrected chi connectivity index (χ4v) is 4.61. The van der Waals surface area contributed by atoms with E-state index in [0.29, 0.717) is 42.1 Å². The molecule has 0 saturated heterocycles. The minimum Gasteiger partial charge on any atom is -0.489 e. The Bertz CT molecular complexity index is 1470. The van der Waals surface area contributed by atoms with E-state index in [4.69, 9.17) is 19.9 Å². The fourth-order valence-electron chi connectivity index (χ4n) is 4.61. The predicted octanol–water partition coefficient (Wildman–Crippen LogP) is 3.96. The van der Waals surface area contributed by atoms with E-state index in [9.17, 15) is 19.1 Å². The molecule has 5 rings (SSSR count). The van der Waals surface area contributed by atoms with Gasteiger partial charge >= 0.3 is 5.97 Å². The van der Waals surface area contributed by atoms with Gasteiger partial charge in [-0.15, -0.1) is 0 Å². The number of carboxylic acid groups (broad SMARTS) is 1. The van der Waals surface area contributed by atoms with Gasteiger partial charge in [-0.25, -0.2) is 9.18 Å². The number of hydrogen-bond donors (Lipinski definition) is 2. The molecule has 4 aromatic rings. The van der Waals surface area contributed by atoms with Crippen molar-refractivity contribution in [2.24, 2.45) is 5.73 Å². The lowest BCUT2D eigenvalue weighted by Gasteiger charge is -2.21. The molecule has 2 aromatic carbocycles. The molecule has 2 aromatic heterocycles. The van der Waals surface area contributed by atoms with Gasteiger partial charge in [0.15, 0.2) is 6.79 Å². The Kier molecular flexibility index (Phi) is 6.93. The van der Waals surface area contributed by atoms with E-state index in [1.807, 2.05) is 29.0 Å². The van der Waals surface area contributed by atoms with Crippen molar-refractivity contribution in [1.82, 2.24) is 9.13 Å². The number of carbonyl (C=O) groups is 2. The summed E-state index contributed by atoms with van der Waals surface area (Å²) in [5.74, 6) is -0.656. The second-order valence-electron chi connectivity index (χ2n) is 8.73. The van der Waals surface area contributed by atoms with E-state index < -0.39 is 5.97 Å². The number of carboxylic acids is 1. The minimum atomic E-state index is -1.15. The highest BCUT2D eigenvalue weighted by Crippen LogP contribution is 2.32. The molecule has 3 N–H and O–H groups in total. The van der Waals surface area contributed by atoms with Crippen molar-refractivity contribution in [2.75, 3.05) is 13.3 Å². The Morgan fingerprint density at radius 2 is 2.03 bits per heavy atom. The third kappa shape index (κ3) is 5.07. The number of aromatic nitrogens is 2. The van der Waals surface area contributed by atoms with Gasteiger partial charge in [0.25, 0.3) is 0 Å². The van der Waals surface area contributed by atoms with E-state index in [1.165, 1.54) is 30.5 Å². The van der Waals surface area contributed by atoms with Crippen molar-refractivity contribution in [3.8, 4) is 11.5 Å². The summed E-state index contributed by atoms with van der Waals surface area (Å²) in [6.07, 6.45) is 4.16. The van der Waals surface area contributed by atoms with Gasteiger partial charge < -0.3 is 29.6 Å². The number of aryl methyl sites for hydroxylation is 1. The zero-order chi connectivity index (χ0) is 25.9. The second kappa shape index (κ2) is 10.5. The van der Waals surface area contributed by atoms with Crippen LogP contribution in [0.5, 0.6) is 11.5 Å². The SMILES string of the molecule is NCCc1cn(CCC(=O)n2cccc2C(=O)O)c2ccc(OCc3cc(F)cc4c3OCOC4)cc12. The van der Waals surface area contributed by atoms with Crippen LogP contribution in [-0.2, 0) is 30.9 Å². The first-order chi connectivity index (χ1) is 17.9. The quantitative estimate of drug-likeness (QED) is 0.352. The minimum absolute atomic E-state index is 0.0644. The van der Waals surface area contributed by atoms with Gasteiger partial charge in [0.1, 0.15) is 29.6 Å². The maximum Gasteiger partial charge on any atom is 0.352 e. The normalized spacial score (nSPS) is 12.8. The molecule has 0 spiro atoms. The lowest BCUT2D eigenvalue weighted by molar-refractivity contribution is -0.0178. The van der Waals surface area contributed by atoms with Gasteiger partial charge in [-0.3, -0.25) is 9.36 Å². The second-order valence-corrected chi connectivity index (χ2v) is 8.73. The van der Waals surface area contributed by atoms with E-state index in [0.717, 1.165) is 21.0 Å². The molecular formula is C27H26FN3O6. The summed E-state index contributed by atoms with van der Waals surface area (Å²) < 4.78 is 34.0. The number of nitrogens with zero attached hydrogens (tertiary/aromatic N) is 2. The van der Waals surface area contributed by atoms with Crippen LogP contribution in [0.25, 0.3) is 10.9 Å². The summed E-state index contributed by atoms with van der Waals surface area (Å²) >= 11 is 0. The molecule has 0 amide bonds. The summed E-state index contributed by atoms with van der Waals surface area (Å²) in [5, 5.41) is 10.2. The van der Waals surface area contributed by atoms with Gasteiger partial charge in [0.2, 0.25) is 5.91 Å². The van der Waals surface area contributed by atoms with Gasteiger partial charge in [-0.1, -0.05) is 0 Å². The van der Waals surface area contributed by atoms with E-state index in [2.05, 4.69) is 0 Å². The van der Waals surface area contributed by atoms with Gasteiger partial charge in [0, 0.05) is 47.4 Å². The van der Waals surface area contributed by atoms with Gasteiger partial charge in [-0.2, -0.15) is 0 Å².